The number of nitrogens with zero attached hydrogens (tertiary/aromatic N) is 1. The first-order chi connectivity index (χ1) is 10.0. The molecule has 6 nitrogen and oxygen atoms in total. The number of fused-ring (bicyclic) bond motifs is 1. The average Bonchev–Trinajstić information content (AvgIpc) is 2.47. The van der Waals surface area contributed by atoms with Crippen LogP contribution in [0.1, 0.15) is 19.5 Å². The maximum absolute atomic E-state index is 12.0. The molecule has 0 aliphatic heterocycles. The van der Waals surface area contributed by atoms with E-state index in [0.29, 0.717) is 16.7 Å². The van der Waals surface area contributed by atoms with Gasteiger partial charge in [-0.25, -0.2) is 4.98 Å². The van der Waals surface area contributed by atoms with E-state index in [1.54, 1.807) is 6.07 Å². The first-order valence-corrected chi connectivity index (χ1v) is 6.82. The van der Waals surface area contributed by atoms with Gasteiger partial charge in [0.2, 0.25) is 0 Å². The third-order valence-corrected chi connectivity index (χ3v) is 3.28. The number of H-pyrrole nitrogens is 1. The van der Waals surface area contributed by atoms with Crippen molar-refractivity contribution in [2.24, 2.45) is 5.92 Å². The summed E-state index contributed by atoms with van der Waals surface area (Å²) < 4.78 is 4.75. The number of carbonyl (C=O) groups excluding carboxylic acids is 1. The van der Waals surface area contributed by atoms with Gasteiger partial charge in [0.15, 0.2) is 0 Å². The lowest BCUT2D eigenvalue weighted by molar-refractivity contribution is -0.144. The highest BCUT2D eigenvalue weighted by atomic mass is 16.5. The summed E-state index contributed by atoms with van der Waals surface area (Å²) in [5.41, 5.74) is 1.50. The summed E-state index contributed by atoms with van der Waals surface area (Å²) >= 11 is 0. The average molecular weight is 289 g/mol. The molecule has 1 atom stereocenters. The van der Waals surface area contributed by atoms with Crippen molar-refractivity contribution in [3.8, 4) is 0 Å². The van der Waals surface area contributed by atoms with E-state index in [9.17, 15) is 9.59 Å². The Morgan fingerprint density at radius 1 is 1.38 bits per heavy atom. The third-order valence-electron chi connectivity index (χ3n) is 3.28. The maximum Gasteiger partial charge on any atom is 0.323 e. The van der Waals surface area contributed by atoms with Crippen LogP contribution in [-0.2, 0) is 16.1 Å². The lowest BCUT2D eigenvalue weighted by Crippen LogP contribution is -2.42. The van der Waals surface area contributed by atoms with Crippen LogP contribution in [0.15, 0.2) is 29.1 Å². The standard InChI is InChI=1S/C15H19N3O3/c1-9(2)13(15(20)21-3)16-8-12-14(19)18-11-7-5-4-6-10(11)17-12/h4-7,9,13,16H,8H2,1-3H3,(H,18,19). The molecular formula is C15H19N3O3. The summed E-state index contributed by atoms with van der Waals surface area (Å²) in [6.45, 7) is 4.03. The minimum absolute atomic E-state index is 0.0528. The van der Waals surface area contributed by atoms with Gasteiger partial charge in [-0.15, -0.1) is 0 Å². The highest BCUT2D eigenvalue weighted by molar-refractivity contribution is 5.76. The minimum atomic E-state index is -0.470. The number of methoxy groups -OCH3 is 1. The van der Waals surface area contributed by atoms with Gasteiger partial charge >= 0.3 is 5.97 Å². The number of hydrogen-bond donors (Lipinski definition) is 2. The van der Waals surface area contributed by atoms with Gasteiger partial charge in [-0.05, 0) is 18.1 Å². The summed E-state index contributed by atoms with van der Waals surface area (Å²) in [7, 11) is 1.35. The Labute approximate surface area is 122 Å². The molecule has 1 unspecified atom stereocenters. The monoisotopic (exact) mass is 289 g/mol. The highest BCUT2D eigenvalue weighted by Gasteiger charge is 2.22. The third kappa shape index (κ3) is 3.46. The zero-order valence-electron chi connectivity index (χ0n) is 12.3. The van der Waals surface area contributed by atoms with E-state index in [1.807, 2.05) is 32.0 Å². The molecular weight excluding hydrogens is 270 g/mol. The molecule has 0 bridgehead atoms. The molecule has 1 heterocycles. The van der Waals surface area contributed by atoms with Crippen LogP contribution in [0.2, 0.25) is 0 Å². The van der Waals surface area contributed by atoms with Crippen LogP contribution in [0.5, 0.6) is 0 Å². The lowest BCUT2D eigenvalue weighted by atomic mass is 10.0. The lowest BCUT2D eigenvalue weighted by Gasteiger charge is -2.19. The van der Waals surface area contributed by atoms with Crippen molar-refractivity contribution >= 4 is 17.0 Å². The molecule has 0 spiro atoms. The van der Waals surface area contributed by atoms with Crippen molar-refractivity contribution in [2.45, 2.75) is 26.4 Å². The van der Waals surface area contributed by atoms with Gasteiger partial charge in [0.25, 0.3) is 5.56 Å². The number of aromatic amines is 1. The number of hydrogen-bond acceptors (Lipinski definition) is 5. The molecule has 0 fully saturated rings. The SMILES string of the molecule is COC(=O)C(NCc1nc2ccccc2[nH]c1=O)C(C)C. The van der Waals surface area contributed by atoms with Gasteiger partial charge in [0.05, 0.1) is 18.1 Å². The molecule has 2 aromatic rings. The van der Waals surface area contributed by atoms with Crippen LogP contribution in [-0.4, -0.2) is 29.1 Å². The first-order valence-electron chi connectivity index (χ1n) is 6.82. The van der Waals surface area contributed by atoms with E-state index >= 15 is 0 Å². The number of carbonyl (C=O) groups is 1. The second-order valence-electron chi connectivity index (χ2n) is 5.16. The van der Waals surface area contributed by atoms with E-state index in [2.05, 4.69) is 15.3 Å². The Bertz CT molecular complexity index is 694. The van der Waals surface area contributed by atoms with Gasteiger partial charge in [-0.1, -0.05) is 26.0 Å². The Hall–Kier alpha value is -2.21. The molecule has 0 aliphatic carbocycles. The minimum Gasteiger partial charge on any atom is -0.468 e. The number of para-hydroxylation sites is 2. The molecule has 2 N–H and O–H groups in total. The van der Waals surface area contributed by atoms with Crippen LogP contribution in [0.25, 0.3) is 11.0 Å². The van der Waals surface area contributed by atoms with E-state index in [4.69, 9.17) is 4.74 Å². The van der Waals surface area contributed by atoms with Gasteiger partial charge in [0, 0.05) is 6.54 Å². The van der Waals surface area contributed by atoms with Crippen molar-refractivity contribution in [2.75, 3.05) is 7.11 Å². The predicted molar refractivity (Wildman–Crippen MR) is 79.8 cm³/mol. The van der Waals surface area contributed by atoms with E-state index in [0.717, 1.165) is 0 Å². The summed E-state index contributed by atoms with van der Waals surface area (Å²) in [6, 6.07) is 6.85. The smallest absolute Gasteiger partial charge is 0.323 e. The van der Waals surface area contributed by atoms with Crippen LogP contribution < -0.4 is 10.9 Å². The quantitative estimate of drug-likeness (QED) is 0.808. The van der Waals surface area contributed by atoms with Crippen molar-refractivity contribution in [1.82, 2.24) is 15.3 Å². The zero-order chi connectivity index (χ0) is 15.4. The fourth-order valence-electron chi connectivity index (χ4n) is 2.11. The fourth-order valence-corrected chi connectivity index (χ4v) is 2.11. The summed E-state index contributed by atoms with van der Waals surface area (Å²) in [5, 5.41) is 3.03. The van der Waals surface area contributed by atoms with Crippen molar-refractivity contribution in [1.29, 1.82) is 0 Å². The summed E-state index contributed by atoms with van der Waals surface area (Å²) in [4.78, 5) is 30.8. The Kier molecular flexibility index (Phi) is 4.70. The Morgan fingerprint density at radius 2 is 2.10 bits per heavy atom. The number of aromatic nitrogens is 2. The number of nitrogens with one attached hydrogen (secondary N) is 2. The predicted octanol–water partition coefficient (Wildman–Crippen LogP) is 1.21. The number of ether oxygens (including phenoxy) is 1. The zero-order valence-corrected chi connectivity index (χ0v) is 12.3. The molecule has 0 radical (unpaired) electrons. The van der Waals surface area contributed by atoms with E-state index in [1.165, 1.54) is 7.11 Å². The topological polar surface area (TPSA) is 84.1 Å². The molecule has 21 heavy (non-hydrogen) atoms. The van der Waals surface area contributed by atoms with E-state index < -0.39 is 6.04 Å². The van der Waals surface area contributed by atoms with Crippen LogP contribution >= 0.6 is 0 Å². The van der Waals surface area contributed by atoms with Crippen LogP contribution in [0.3, 0.4) is 0 Å². The molecule has 0 saturated heterocycles. The molecule has 2 rings (SSSR count). The van der Waals surface area contributed by atoms with Gasteiger partial charge in [0.1, 0.15) is 11.7 Å². The molecule has 0 aliphatic rings. The second-order valence-corrected chi connectivity index (χ2v) is 5.16. The molecule has 0 saturated carbocycles. The number of benzene rings is 1. The Balaban J connectivity index is 2.21. The van der Waals surface area contributed by atoms with Gasteiger partial charge in [-0.2, -0.15) is 0 Å². The number of rotatable bonds is 5. The van der Waals surface area contributed by atoms with Crippen molar-refractivity contribution in [3.05, 3.63) is 40.3 Å². The van der Waals surface area contributed by atoms with Gasteiger partial charge in [-0.3, -0.25) is 14.9 Å². The molecule has 6 heteroatoms. The molecule has 1 aromatic heterocycles. The highest BCUT2D eigenvalue weighted by Crippen LogP contribution is 2.07. The molecule has 1 aromatic carbocycles. The maximum atomic E-state index is 12.0. The summed E-state index contributed by atoms with van der Waals surface area (Å²) in [5.74, 6) is -0.292. The van der Waals surface area contributed by atoms with Gasteiger partial charge < -0.3 is 9.72 Å². The van der Waals surface area contributed by atoms with Crippen LogP contribution in [0, 0.1) is 5.92 Å². The fraction of sp³-hybridized carbons (Fsp3) is 0.400. The molecule has 0 amide bonds. The normalized spacial score (nSPS) is 12.6. The largest absolute Gasteiger partial charge is 0.468 e. The van der Waals surface area contributed by atoms with Crippen molar-refractivity contribution in [3.63, 3.8) is 0 Å². The second kappa shape index (κ2) is 6.49. The van der Waals surface area contributed by atoms with E-state index in [-0.39, 0.29) is 24.0 Å². The van der Waals surface area contributed by atoms with Crippen LogP contribution in [0.4, 0.5) is 0 Å². The van der Waals surface area contributed by atoms with Crippen molar-refractivity contribution < 1.29 is 9.53 Å². The molecule has 112 valence electrons. The Morgan fingerprint density at radius 3 is 2.76 bits per heavy atom. The first kappa shape index (κ1) is 15.2. The summed E-state index contributed by atoms with van der Waals surface area (Å²) in [6.07, 6.45) is 0. The number of esters is 1.